The molecule has 156 valence electrons. The fourth-order valence-electron chi connectivity index (χ4n) is 3.39. The minimum absolute atomic E-state index is 0.154. The molecule has 0 spiro atoms. The van der Waals surface area contributed by atoms with Crippen molar-refractivity contribution in [2.45, 2.75) is 0 Å². The van der Waals surface area contributed by atoms with Crippen molar-refractivity contribution in [3.63, 3.8) is 0 Å². The van der Waals surface area contributed by atoms with E-state index < -0.39 is 0 Å². The van der Waals surface area contributed by atoms with Crippen LogP contribution in [-0.2, 0) is 0 Å². The van der Waals surface area contributed by atoms with Crippen LogP contribution in [0.2, 0.25) is 0 Å². The average molecular weight is 476 g/mol. The van der Waals surface area contributed by atoms with Gasteiger partial charge in [-0.1, -0.05) is 46.3 Å². The minimum Gasteiger partial charge on any atom is -0.495 e. The Labute approximate surface area is 189 Å². The molecule has 0 unspecified atom stereocenters. The number of benzene rings is 3. The van der Waals surface area contributed by atoms with Gasteiger partial charge in [0.15, 0.2) is 0 Å². The van der Waals surface area contributed by atoms with Crippen LogP contribution in [0.4, 0.5) is 5.69 Å². The molecule has 1 heterocycles. The molecule has 31 heavy (non-hydrogen) atoms. The lowest BCUT2D eigenvalue weighted by molar-refractivity contribution is 0.412. The van der Waals surface area contributed by atoms with Crippen LogP contribution in [0.3, 0.4) is 0 Å². The zero-order chi connectivity index (χ0) is 22.0. The van der Waals surface area contributed by atoms with E-state index in [9.17, 15) is 4.79 Å². The van der Waals surface area contributed by atoms with Gasteiger partial charge in [0, 0.05) is 24.3 Å². The Bertz CT molecular complexity index is 1330. The molecule has 0 aliphatic rings. The predicted molar refractivity (Wildman–Crippen MR) is 131 cm³/mol. The van der Waals surface area contributed by atoms with Crippen LogP contribution in [0.5, 0.6) is 5.75 Å². The molecular weight excluding hydrogens is 454 g/mol. The Hall–Kier alpha value is -3.38. The maximum Gasteiger partial charge on any atom is 0.266 e. The molecule has 0 amide bonds. The summed E-state index contributed by atoms with van der Waals surface area (Å²) in [6.07, 6.45) is 3.82. The molecular formula is C25H22BrN3O2. The van der Waals surface area contributed by atoms with E-state index in [2.05, 4.69) is 33.0 Å². The maximum absolute atomic E-state index is 13.5. The first kappa shape index (κ1) is 20.9. The van der Waals surface area contributed by atoms with Crippen LogP contribution in [0, 0.1) is 0 Å². The number of hydrogen-bond donors (Lipinski definition) is 0. The third-order valence-electron chi connectivity index (χ3n) is 5.02. The number of hydrogen-bond acceptors (Lipinski definition) is 4. The summed E-state index contributed by atoms with van der Waals surface area (Å²) in [5.74, 6) is 1.13. The lowest BCUT2D eigenvalue weighted by atomic mass is 10.1. The van der Waals surface area contributed by atoms with Crippen molar-refractivity contribution in [1.29, 1.82) is 0 Å². The van der Waals surface area contributed by atoms with Gasteiger partial charge < -0.3 is 9.64 Å². The predicted octanol–water partition coefficient (Wildman–Crippen LogP) is 5.39. The van der Waals surface area contributed by atoms with Gasteiger partial charge in [-0.05, 0) is 54.1 Å². The highest BCUT2D eigenvalue weighted by Gasteiger charge is 2.14. The number of ether oxygens (including phenoxy) is 1. The van der Waals surface area contributed by atoms with Crippen LogP contribution in [0.15, 0.2) is 76.0 Å². The Morgan fingerprint density at radius 2 is 1.74 bits per heavy atom. The van der Waals surface area contributed by atoms with E-state index in [4.69, 9.17) is 9.72 Å². The fraction of sp³-hybridized carbons (Fsp3) is 0.120. The molecule has 0 atom stereocenters. The number of para-hydroxylation sites is 2. The summed E-state index contributed by atoms with van der Waals surface area (Å²) in [6.45, 7) is 0. The molecule has 0 aliphatic heterocycles. The summed E-state index contributed by atoms with van der Waals surface area (Å²) in [6, 6.07) is 21.1. The quantitative estimate of drug-likeness (QED) is 0.388. The number of rotatable bonds is 5. The Morgan fingerprint density at radius 3 is 2.45 bits per heavy atom. The zero-order valence-corrected chi connectivity index (χ0v) is 19.1. The second kappa shape index (κ2) is 8.78. The van der Waals surface area contributed by atoms with Crippen molar-refractivity contribution in [3.8, 4) is 11.4 Å². The van der Waals surface area contributed by atoms with Gasteiger partial charge in [-0.25, -0.2) is 4.98 Å². The molecule has 3 aromatic carbocycles. The van der Waals surface area contributed by atoms with Crippen molar-refractivity contribution in [2.24, 2.45) is 0 Å². The monoisotopic (exact) mass is 475 g/mol. The summed E-state index contributed by atoms with van der Waals surface area (Å²) in [5.41, 5.74) is 3.27. The minimum atomic E-state index is -0.154. The van der Waals surface area contributed by atoms with Gasteiger partial charge in [0.05, 0.1) is 23.7 Å². The van der Waals surface area contributed by atoms with E-state index in [1.807, 2.05) is 74.8 Å². The van der Waals surface area contributed by atoms with Gasteiger partial charge in [-0.15, -0.1) is 0 Å². The summed E-state index contributed by atoms with van der Waals surface area (Å²) in [7, 11) is 5.61. The van der Waals surface area contributed by atoms with Crippen LogP contribution >= 0.6 is 15.9 Å². The van der Waals surface area contributed by atoms with E-state index in [0.717, 1.165) is 15.7 Å². The molecule has 5 nitrogen and oxygen atoms in total. The van der Waals surface area contributed by atoms with Crippen LogP contribution < -0.4 is 15.2 Å². The van der Waals surface area contributed by atoms with Crippen LogP contribution in [0.25, 0.3) is 28.7 Å². The van der Waals surface area contributed by atoms with E-state index in [0.29, 0.717) is 28.2 Å². The number of nitrogens with zero attached hydrogens (tertiary/aromatic N) is 3. The lowest BCUT2D eigenvalue weighted by Crippen LogP contribution is -2.22. The van der Waals surface area contributed by atoms with E-state index in [1.54, 1.807) is 17.7 Å². The standard InChI is InChI=1S/C25H22BrN3O2/c1-28(2)19-12-8-17(9-13-19)10-15-24-27-21-14-11-18(26)16-20(21)25(30)29(24)22-6-4-5-7-23(22)31-3/h4-16H,1-3H3. The fourth-order valence-corrected chi connectivity index (χ4v) is 3.75. The van der Waals surface area contributed by atoms with Gasteiger partial charge in [-0.2, -0.15) is 0 Å². The first-order valence-corrected chi connectivity index (χ1v) is 10.6. The largest absolute Gasteiger partial charge is 0.495 e. The van der Waals surface area contributed by atoms with Gasteiger partial charge in [0.2, 0.25) is 0 Å². The first-order valence-electron chi connectivity index (χ1n) is 9.79. The average Bonchev–Trinajstić information content (AvgIpc) is 2.78. The Morgan fingerprint density at radius 1 is 1.00 bits per heavy atom. The summed E-state index contributed by atoms with van der Waals surface area (Å²) >= 11 is 3.45. The van der Waals surface area contributed by atoms with Gasteiger partial charge in [-0.3, -0.25) is 9.36 Å². The molecule has 0 N–H and O–H groups in total. The lowest BCUT2D eigenvalue weighted by Gasteiger charge is -2.14. The second-order valence-electron chi connectivity index (χ2n) is 7.26. The zero-order valence-electron chi connectivity index (χ0n) is 17.5. The first-order chi connectivity index (χ1) is 15.0. The molecule has 0 saturated heterocycles. The Balaban J connectivity index is 1.91. The molecule has 4 rings (SSSR count). The molecule has 1 aromatic heterocycles. The highest BCUT2D eigenvalue weighted by atomic mass is 79.9. The second-order valence-corrected chi connectivity index (χ2v) is 8.18. The third kappa shape index (κ3) is 4.25. The molecule has 6 heteroatoms. The van der Waals surface area contributed by atoms with E-state index >= 15 is 0 Å². The van der Waals surface area contributed by atoms with E-state index in [-0.39, 0.29) is 5.56 Å². The molecule has 0 bridgehead atoms. The highest BCUT2D eigenvalue weighted by Crippen LogP contribution is 2.25. The molecule has 0 fully saturated rings. The molecule has 0 radical (unpaired) electrons. The van der Waals surface area contributed by atoms with Crippen LogP contribution in [0.1, 0.15) is 11.4 Å². The van der Waals surface area contributed by atoms with Crippen LogP contribution in [-0.4, -0.2) is 30.8 Å². The number of methoxy groups -OCH3 is 1. The molecule has 0 saturated carbocycles. The molecule has 0 aliphatic carbocycles. The van der Waals surface area contributed by atoms with Crippen molar-refractivity contribution in [3.05, 3.63) is 92.9 Å². The number of fused-ring (bicyclic) bond motifs is 1. The maximum atomic E-state index is 13.5. The number of halogens is 1. The van der Waals surface area contributed by atoms with Gasteiger partial charge >= 0.3 is 0 Å². The third-order valence-corrected chi connectivity index (χ3v) is 5.51. The summed E-state index contributed by atoms with van der Waals surface area (Å²) < 4.78 is 7.94. The van der Waals surface area contributed by atoms with Gasteiger partial charge in [0.25, 0.3) is 5.56 Å². The van der Waals surface area contributed by atoms with Crippen molar-refractivity contribution < 1.29 is 4.74 Å². The smallest absolute Gasteiger partial charge is 0.266 e. The molecule has 4 aromatic rings. The number of aromatic nitrogens is 2. The van der Waals surface area contributed by atoms with Gasteiger partial charge in [0.1, 0.15) is 11.6 Å². The Kier molecular flexibility index (Phi) is 5.91. The normalized spacial score (nSPS) is 11.2. The topological polar surface area (TPSA) is 47.4 Å². The summed E-state index contributed by atoms with van der Waals surface area (Å²) in [5, 5.41) is 0.535. The van der Waals surface area contributed by atoms with Crippen molar-refractivity contribution >= 4 is 44.7 Å². The van der Waals surface area contributed by atoms with Crippen molar-refractivity contribution in [2.75, 3.05) is 26.1 Å². The summed E-state index contributed by atoms with van der Waals surface area (Å²) in [4.78, 5) is 20.3. The van der Waals surface area contributed by atoms with Crippen molar-refractivity contribution in [1.82, 2.24) is 9.55 Å². The SMILES string of the molecule is COc1ccccc1-n1c(C=Cc2ccc(N(C)C)cc2)nc2ccc(Br)cc2c1=O. The van der Waals surface area contributed by atoms with E-state index in [1.165, 1.54) is 0 Å². The highest BCUT2D eigenvalue weighted by molar-refractivity contribution is 9.10. The number of anilines is 1.